The van der Waals surface area contributed by atoms with E-state index in [0.29, 0.717) is 25.1 Å². The van der Waals surface area contributed by atoms with E-state index in [1.54, 1.807) is 0 Å². The van der Waals surface area contributed by atoms with Gasteiger partial charge in [-0.3, -0.25) is 0 Å². The molecular weight excluding hydrogens is 598 g/mol. The molecule has 40 heavy (non-hydrogen) atoms. The van der Waals surface area contributed by atoms with E-state index in [9.17, 15) is 0 Å². The Balaban J connectivity index is 1.87. The standard InChI is InChI=1S/C35H21Cl5/c36-26-16-6-1-11-21(26)31-32(22-12-2-7-17-27(22)37)34(24-14-4-9-19-29(24)39)35(25-15-5-10-20-30(25)40)33(31)23-13-3-8-18-28(23)38/h1-20,31H. The molecule has 1 aliphatic carbocycles. The summed E-state index contributed by atoms with van der Waals surface area (Å²) in [6, 6.07) is 39.3. The van der Waals surface area contributed by atoms with E-state index in [-0.39, 0.29) is 5.92 Å². The fraction of sp³-hybridized carbons (Fsp3) is 0.0286. The van der Waals surface area contributed by atoms with Crippen molar-refractivity contribution < 1.29 is 0 Å². The van der Waals surface area contributed by atoms with Gasteiger partial charge in [-0.15, -0.1) is 0 Å². The first-order chi connectivity index (χ1) is 19.5. The van der Waals surface area contributed by atoms with Crippen LogP contribution in [0.5, 0.6) is 0 Å². The van der Waals surface area contributed by atoms with Crippen molar-refractivity contribution in [1.82, 2.24) is 0 Å². The van der Waals surface area contributed by atoms with E-state index in [2.05, 4.69) is 6.07 Å². The van der Waals surface area contributed by atoms with Crippen LogP contribution in [0.1, 0.15) is 33.7 Å². The molecule has 0 bridgehead atoms. The van der Waals surface area contributed by atoms with Gasteiger partial charge in [0.1, 0.15) is 0 Å². The molecule has 5 aromatic carbocycles. The van der Waals surface area contributed by atoms with Crippen LogP contribution in [-0.2, 0) is 0 Å². The van der Waals surface area contributed by atoms with Gasteiger partial charge in [-0.05, 0) is 69.3 Å². The predicted octanol–water partition coefficient (Wildman–Crippen LogP) is 12.3. The monoisotopic (exact) mass is 616 g/mol. The molecule has 0 N–H and O–H groups in total. The van der Waals surface area contributed by atoms with Crippen LogP contribution >= 0.6 is 58.0 Å². The van der Waals surface area contributed by atoms with Gasteiger partial charge in [0.25, 0.3) is 0 Å². The van der Waals surface area contributed by atoms with Crippen molar-refractivity contribution in [2.24, 2.45) is 0 Å². The first-order valence-electron chi connectivity index (χ1n) is 12.7. The Morgan fingerprint density at radius 2 is 0.625 bits per heavy atom. The minimum atomic E-state index is -0.328. The highest BCUT2D eigenvalue weighted by Gasteiger charge is 2.40. The second-order valence-corrected chi connectivity index (χ2v) is 11.5. The summed E-state index contributed by atoms with van der Waals surface area (Å²) in [7, 11) is 0. The largest absolute Gasteiger partial charge is 0.0840 e. The Hall–Kier alpha value is -2.97. The van der Waals surface area contributed by atoms with Crippen LogP contribution in [0.4, 0.5) is 0 Å². The van der Waals surface area contributed by atoms with Gasteiger partial charge < -0.3 is 0 Å². The summed E-state index contributed by atoms with van der Waals surface area (Å²) in [4.78, 5) is 0. The van der Waals surface area contributed by atoms with Gasteiger partial charge in [0.2, 0.25) is 0 Å². The summed E-state index contributed by atoms with van der Waals surface area (Å²) in [6.07, 6.45) is 0. The van der Waals surface area contributed by atoms with E-state index < -0.39 is 0 Å². The van der Waals surface area contributed by atoms with Gasteiger partial charge in [-0.1, -0.05) is 149 Å². The summed E-state index contributed by atoms with van der Waals surface area (Å²) in [5.41, 5.74) is 8.28. The first-order valence-corrected chi connectivity index (χ1v) is 14.6. The number of hydrogen-bond acceptors (Lipinski definition) is 0. The van der Waals surface area contributed by atoms with Crippen molar-refractivity contribution in [3.8, 4) is 0 Å². The normalized spacial score (nSPS) is 13.8. The SMILES string of the molecule is Clc1ccccc1C1=C(c2ccccc2Cl)C(c2ccccc2Cl)C(c2ccccc2Cl)=C1c1ccccc1Cl. The zero-order chi connectivity index (χ0) is 27.8. The quantitative estimate of drug-likeness (QED) is 0.184. The molecule has 5 aromatic rings. The zero-order valence-corrected chi connectivity index (χ0v) is 24.8. The highest BCUT2D eigenvalue weighted by Crippen LogP contribution is 2.61. The maximum atomic E-state index is 6.98. The van der Waals surface area contributed by atoms with Crippen LogP contribution in [0, 0.1) is 0 Å². The lowest BCUT2D eigenvalue weighted by Crippen LogP contribution is -2.05. The molecule has 0 heterocycles. The maximum absolute atomic E-state index is 6.98. The molecule has 1 aliphatic rings. The Labute approximate surface area is 259 Å². The number of hydrogen-bond donors (Lipinski definition) is 0. The highest BCUT2D eigenvalue weighted by atomic mass is 35.5. The van der Waals surface area contributed by atoms with Crippen molar-refractivity contribution >= 4 is 80.3 Å². The summed E-state index contributed by atoms with van der Waals surface area (Å²) in [5.74, 6) is -0.328. The van der Waals surface area contributed by atoms with Crippen LogP contribution in [-0.4, -0.2) is 0 Å². The van der Waals surface area contributed by atoms with E-state index in [1.165, 1.54) is 0 Å². The van der Waals surface area contributed by atoms with E-state index in [0.717, 1.165) is 50.1 Å². The van der Waals surface area contributed by atoms with Crippen molar-refractivity contribution in [2.75, 3.05) is 0 Å². The third kappa shape index (κ3) is 4.79. The topological polar surface area (TPSA) is 0 Å². The summed E-state index contributed by atoms with van der Waals surface area (Å²) >= 11 is 34.8. The average Bonchev–Trinajstić information content (AvgIpc) is 3.29. The predicted molar refractivity (Wildman–Crippen MR) is 174 cm³/mol. The molecule has 0 aromatic heterocycles. The minimum Gasteiger partial charge on any atom is -0.0840 e. The molecule has 5 heteroatoms. The molecule has 0 spiro atoms. The molecule has 0 saturated heterocycles. The Kier molecular flexibility index (Phi) is 7.82. The molecule has 0 nitrogen and oxygen atoms in total. The third-order valence-electron chi connectivity index (χ3n) is 7.20. The smallest absolute Gasteiger partial charge is 0.0484 e. The molecule has 0 amide bonds. The van der Waals surface area contributed by atoms with Crippen molar-refractivity contribution in [3.63, 3.8) is 0 Å². The van der Waals surface area contributed by atoms with Crippen LogP contribution in [0.25, 0.3) is 22.3 Å². The van der Waals surface area contributed by atoms with Crippen LogP contribution < -0.4 is 0 Å². The lowest BCUT2D eigenvalue weighted by Gasteiger charge is -2.24. The van der Waals surface area contributed by atoms with E-state index in [4.69, 9.17) is 58.0 Å². The Morgan fingerprint density at radius 3 is 0.975 bits per heavy atom. The molecule has 196 valence electrons. The van der Waals surface area contributed by atoms with Crippen molar-refractivity contribution in [2.45, 2.75) is 5.92 Å². The van der Waals surface area contributed by atoms with Gasteiger partial charge in [-0.2, -0.15) is 0 Å². The Morgan fingerprint density at radius 1 is 0.325 bits per heavy atom. The number of halogens is 5. The summed E-state index contributed by atoms with van der Waals surface area (Å²) in [5, 5.41) is 3.12. The molecular formula is C35H21Cl5. The fourth-order valence-electron chi connectivity index (χ4n) is 5.55. The summed E-state index contributed by atoms with van der Waals surface area (Å²) in [6.45, 7) is 0. The maximum Gasteiger partial charge on any atom is 0.0484 e. The van der Waals surface area contributed by atoms with Crippen LogP contribution in [0.15, 0.2) is 121 Å². The second kappa shape index (κ2) is 11.5. The number of benzene rings is 5. The molecule has 0 atom stereocenters. The van der Waals surface area contributed by atoms with Crippen LogP contribution in [0.3, 0.4) is 0 Å². The zero-order valence-electron chi connectivity index (χ0n) is 21.0. The second-order valence-electron chi connectivity index (χ2n) is 9.45. The third-order valence-corrected chi connectivity index (χ3v) is 8.86. The van der Waals surface area contributed by atoms with Gasteiger partial charge in [0, 0.05) is 42.2 Å². The number of allylic oxidation sites excluding steroid dienone is 4. The molecule has 0 unspecified atom stereocenters. The average molecular weight is 619 g/mol. The molecule has 6 rings (SSSR count). The Bertz CT molecular complexity index is 1700. The van der Waals surface area contributed by atoms with Gasteiger partial charge in [0.05, 0.1) is 0 Å². The van der Waals surface area contributed by atoms with Gasteiger partial charge in [-0.25, -0.2) is 0 Å². The van der Waals surface area contributed by atoms with E-state index >= 15 is 0 Å². The minimum absolute atomic E-state index is 0.328. The highest BCUT2D eigenvalue weighted by molar-refractivity contribution is 6.42. The summed E-state index contributed by atoms with van der Waals surface area (Å²) < 4.78 is 0. The van der Waals surface area contributed by atoms with Gasteiger partial charge in [0.15, 0.2) is 0 Å². The molecule has 0 aliphatic heterocycles. The first kappa shape index (κ1) is 27.2. The molecule has 0 radical (unpaired) electrons. The lowest BCUT2D eigenvalue weighted by molar-refractivity contribution is 1.14. The van der Waals surface area contributed by atoms with E-state index in [1.807, 2.05) is 115 Å². The number of rotatable bonds is 5. The molecule has 0 fully saturated rings. The molecule has 0 saturated carbocycles. The van der Waals surface area contributed by atoms with Crippen LogP contribution in [0.2, 0.25) is 25.1 Å². The van der Waals surface area contributed by atoms with Crippen molar-refractivity contribution in [1.29, 1.82) is 0 Å². The van der Waals surface area contributed by atoms with Crippen molar-refractivity contribution in [3.05, 3.63) is 174 Å². The van der Waals surface area contributed by atoms with Gasteiger partial charge >= 0.3 is 0 Å². The lowest BCUT2D eigenvalue weighted by atomic mass is 9.81. The fourth-order valence-corrected chi connectivity index (χ4v) is 6.73.